The van der Waals surface area contributed by atoms with Crippen LogP contribution < -0.4 is 0 Å². The molecule has 2 aliphatic rings. The zero-order valence-corrected chi connectivity index (χ0v) is 9.96. The van der Waals surface area contributed by atoms with E-state index in [1.54, 1.807) is 0 Å². The molecule has 0 N–H and O–H groups in total. The van der Waals surface area contributed by atoms with Gasteiger partial charge in [0.1, 0.15) is 0 Å². The molecule has 0 atom stereocenters. The Balaban J connectivity index is 2.79. The summed E-state index contributed by atoms with van der Waals surface area (Å²) in [4.78, 5) is 0. The normalized spacial score (nSPS) is 11.3. The van der Waals surface area contributed by atoms with Crippen molar-refractivity contribution < 1.29 is 0 Å². The fourth-order valence-corrected chi connectivity index (χ4v) is 2.25. The van der Waals surface area contributed by atoms with E-state index in [1.165, 1.54) is 27.8 Å². The van der Waals surface area contributed by atoms with Gasteiger partial charge >= 0.3 is 0 Å². The Morgan fingerprint density at radius 1 is 0.867 bits per heavy atom. The van der Waals surface area contributed by atoms with Crippen LogP contribution in [-0.4, -0.2) is 0 Å². The van der Waals surface area contributed by atoms with Gasteiger partial charge in [-0.05, 0) is 47.6 Å². The number of fused-ring (bicyclic) bond motifs is 1. The predicted octanol–water partition coefficient (Wildman–Crippen LogP) is 4.53. The van der Waals surface area contributed by atoms with Crippen molar-refractivity contribution in [2.24, 2.45) is 0 Å². The van der Waals surface area contributed by atoms with Crippen LogP contribution in [0, 0.1) is 13.8 Å². The minimum absolute atomic E-state index is 0.584. The Kier molecular flexibility index (Phi) is 2.52. The van der Waals surface area contributed by atoms with E-state index in [2.05, 4.69) is 58.0 Å². The van der Waals surface area contributed by atoms with Crippen molar-refractivity contribution in [1.29, 1.82) is 0 Å². The third-order valence-corrected chi connectivity index (χ3v) is 3.12. The summed E-state index contributed by atoms with van der Waals surface area (Å²) in [5, 5.41) is 0. The van der Waals surface area contributed by atoms with Crippen molar-refractivity contribution in [2.75, 3.05) is 0 Å². The first-order valence-corrected chi connectivity index (χ1v) is 5.60. The molecule has 2 rings (SSSR count). The average Bonchev–Trinajstić information content (AvgIpc) is 2.45. The van der Waals surface area contributed by atoms with Crippen molar-refractivity contribution in [3.05, 3.63) is 47.0 Å². The summed E-state index contributed by atoms with van der Waals surface area (Å²) in [5.74, 6) is 0.584. The highest BCUT2D eigenvalue weighted by molar-refractivity contribution is 5.76. The summed E-state index contributed by atoms with van der Waals surface area (Å²) in [5.41, 5.74) is 7.08. The third-order valence-electron chi connectivity index (χ3n) is 3.12. The van der Waals surface area contributed by atoms with Crippen molar-refractivity contribution in [3.8, 4) is 11.1 Å². The van der Waals surface area contributed by atoms with E-state index in [0.717, 1.165) is 0 Å². The van der Waals surface area contributed by atoms with Gasteiger partial charge in [-0.15, -0.1) is 0 Å². The second-order valence-electron chi connectivity index (χ2n) is 4.62. The van der Waals surface area contributed by atoms with Crippen molar-refractivity contribution in [2.45, 2.75) is 33.6 Å². The lowest BCUT2D eigenvalue weighted by Crippen LogP contribution is -1.90. The topological polar surface area (TPSA) is 0 Å². The molecule has 78 valence electrons. The van der Waals surface area contributed by atoms with Gasteiger partial charge in [0.25, 0.3) is 0 Å². The van der Waals surface area contributed by atoms with Crippen molar-refractivity contribution >= 4 is 0 Å². The third kappa shape index (κ3) is 1.65. The summed E-state index contributed by atoms with van der Waals surface area (Å²) in [6.07, 6.45) is 0. The van der Waals surface area contributed by atoms with Gasteiger partial charge < -0.3 is 0 Å². The molecule has 0 radical (unpaired) electrons. The van der Waals surface area contributed by atoms with Crippen LogP contribution in [0.3, 0.4) is 0 Å². The molecule has 0 fully saturated rings. The lowest BCUT2D eigenvalue weighted by molar-refractivity contribution is 0.870. The molecule has 0 amide bonds. The summed E-state index contributed by atoms with van der Waals surface area (Å²) in [6.45, 7) is 8.91. The summed E-state index contributed by atoms with van der Waals surface area (Å²) in [6, 6.07) is 11.1. The Morgan fingerprint density at radius 3 is 2.27 bits per heavy atom. The number of aryl methyl sites for hydroxylation is 2. The maximum Gasteiger partial charge on any atom is -0.0117 e. The SMILES string of the molecule is Cc1cccc(C(C)C)c2c(C)ccc1-2. The molecule has 15 heavy (non-hydrogen) atoms. The van der Waals surface area contributed by atoms with Gasteiger partial charge in [0.2, 0.25) is 0 Å². The lowest BCUT2D eigenvalue weighted by atomic mass is 9.94. The molecule has 0 aromatic rings. The Labute approximate surface area is 92.3 Å². The second kappa shape index (κ2) is 3.69. The first kappa shape index (κ1) is 10.2. The molecular weight excluding hydrogens is 180 g/mol. The first-order valence-electron chi connectivity index (χ1n) is 5.60. The van der Waals surface area contributed by atoms with E-state index >= 15 is 0 Å². The number of hydrogen-bond acceptors (Lipinski definition) is 0. The Hall–Kier alpha value is -1.30. The van der Waals surface area contributed by atoms with E-state index in [-0.39, 0.29) is 0 Å². The summed E-state index contributed by atoms with van der Waals surface area (Å²) in [7, 11) is 0. The first-order chi connectivity index (χ1) is 7.11. The number of rotatable bonds is 1. The molecule has 0 heterocycles. The highest BCUT2D eigenvalue weighted by atomic mass is 14.2. The van der Waals surface area contributed by atoms with Gasteiger partial charge in [-0.25, -0.2) is 0 Å². The summed E-state index contributed by atoms with van der Waals surface area (Å²) >= 11 is 0. The van der Waals surface area contributed by atoms with Gasteiger partial charge in [-0.1, -0.05) is 44.2 Å². The average molecular weight is 198 g/mol. The van der Waals surface area contributed by atoms with Crippen LogP contribution >= 0.6 is 0 Å². The van der Waals surface area contributed by atoms with E-state index in [4.69, 9.17) is 0 Å². The minimum Gasteiger partial charge on any atom is -0.0617 e. The smallest absolute Gasteiger partial charge is 0.0117 e. The number of hydrogen-bond donors (Lipinski definition) is 0. The molecule has 0 heteroatoms. The largest absolute Gasteiger partial charge is 0.0617 e. The highest BCUT2D eigenvalue weighted by Crippen LogP contribution is 2.35. The van der Waals surface area contributed by atoms with Crippen molar-refractivity contribution in [1.82, 2.24) is 0 Å². The van der Waals surface area contributed by atoms with Crippen LogP contribution in [0.5, 0.6) is 0 Å². The molecule has 0 nitrogen and oxygen atoms in total. The fourth-order valence-electron chi connectivity index (χ4n) is 2.25. The minimum atomic E-state index is 0.584. The van der Waals surface area contributed by atoms with Gasteiger partial charge in [0, 0.05) is 0 Å². The molecule has 0 bridgehead atoms. The second-order valence-corrected chi connectivity index (χ2v) is 4.62. The van der Waals surface area contributed by atoms with E-state index in [1.807, 2.05) is 0 Å². The molecular formula is C15H18. The van der Waals surface area contributed by atoms with Gasteiger partial charge in [0.15, 0.2) is 0 Å². The molecule has 0 aromatic heterocycles. The molecule has 0 unspecified atom stereocenters. The monoisotopic (exact) mass is 198 g/mol. The van der Waals surface area contributed by atoms with Gasteiger partial charge in [0.05, 0.1) is 0 Å². The quantitative estimate of drug-likeness (QED) is 0.631. The van der Waals surface area contributed by atoms with Crippen LogP contribution in [0.4, 0.5) is 0 Å². The standard InChI is InChI=1S/C15H18/c1-10(2)13-7-5-6-11(3)14-9-8-12(4)15(13)14/h5-10H,1-4H3. The molecule has 0 aliphatic heterocycles. The van der Waals surface area contributed by atoms with Gasteiger partial charge in [-0.2, -0.15) is 0 Å². The van der Waals surface area contributed by atoms with E-state index in [9.17, 15) is 0 Å². The molecule has 0 aromatic carbocycles. The van der Waals surface area contributed by atoms with Gasteiger partial charge in [-0.3, -0.25) is 0 Å². The zero-order valence-electron chi connectivity index (χ0n) is 9.96. The highest BCUT2D eigenvalue weighted by Gasteiger charge is 2.13. The molecule has 0 saturated heterocycles. The Bertz CT molecular complexity index is 452. The van der Waals surface area contributed by atoms with Crippen LogP contribution in [0.15, 0.2) is 30.3 Å². The van der Waals surface area contributed by atoms with Crippen LogP contribution in [0.25, 0.3) is 11.1 Å². The molecule has 2 aliphatic carbocycles. The molecule has 0 spiro atoms. The van der Waals surface area contributed by atoms with Crippen LogP contribution in [0.2, 0.25) is 0 Å². The molecule has 0 saturated carbocycles. The maximum atomic E-state index is 2.26. The lowest BCUT2D eigenvalue weighted by Gasteiger charge is -2.10. The zero-order chi connectivity index (χ0) is 11.0. The van der Waals surface area contributed by atoms with Crippen LogP contribution in [-0.2, 0) is 0 Å². The van der Waals surface area contributed by atoms with Crippen molar-refractivity contribution in [3.63, 3.8) is 0 Å². The van der Waals surface area contributed by atoms with E-state index in [0.29, 0.717) is 5.92 Å². The maximum absolute atomic E-state index is 2.26. The van der Waals surface area contributed by atoms with E-state index < -0.39 is 0 Å². The fraction of sp³-hybridized carbons (Fsp3) is 0.333. The summed E-state index contributed by atoms with van der Waals surface area (Å²) < 4.78 is 0. The Morgan fingerprint density at radius 2 is 1.60 bits per heavy atom. The predicted molar refractivity (Wildman–Crippen MR) is 66.6 cm³/mol. The van der Waals surface area contributed by atoms with Crippen LogP contribution in [0.1, 0.15) is 36.5 Å².